The Balaban J connectivity index is 1.26. The summed E-state index contributed by atoms with van der Waals surface area (Å²) in [5, 5.41) is 6.28. The van der Waals surface area contributed by atoms with Crippen molar-refractivity contribution >= 4 is 28.5 Å². The number of benzene rings is 1. The molecule has 0 saturated carbocycles. The molecule has 1 saturated heterocycles. The molecule has 1 amide bonds. The van der Waals surface area contributed by atoms with Crippen LogP contribution in [0.15, 0.2) is 59.3 Å². The van der Waals surface area contributed by atoms with E-state index in [1.807, 2.05) is 42.2 Å². The van der Waals surface area contributed by atoms with Gasteiger partial charge in [0.1, 0.15) is 12.3 Å². The van der Waals surface area contributed by atoms with E-state index in [-0.39, 0.29) is 12.5 Å². The number of hydrogen-bond donors (Lipinski definition) is 0. The van der Waals surface area contributed by atoms with E-state index in [9.17, 15) is 4.79 Å². The largest absolute Gasteiger partial charge is 0.464 e. The van der Waals surface area contributed by atoms with Gasteiger partial charge in [0.25, 0.3) is 0 Å². The molecule has 8 heteroatoms. The summed E-state index contributed by atoms with van der Waals surface area (Å²) in [6.45, 7) is 6.07. The Bertz CT molecular complexity index is 1230. The summed E-state index contributed by atoms with van der Waals surface area (Å²) >= 11 is 5.97. The Labute approximate surface area is 191 Å². The van der Waals surface area contributed by atoms with Gasteiger partial charge in [0, 0.05) is 49.5 Å². The minimum Gasteiger partial charge on any atom is -0.464 e. The first-order valence-corrected chi connectivity index (χ1v) is 11.1. The minimum absolute atomic E-state index is 0.0609. The molecule has 0 spiro atoms. The first-order valence-electron chi connectivity index (χ1n) is 10.7. The maximum absolute atomic E-state index is 13.0. The van der Waals surface area contributed by atoms with Crippen LogP contribution in [-0.2, 0) is 17.9 Å². The lowest BCUT2D eigenvalue weighted by molar-refractivity contribution is -0.133. The maximum atomic E-state index is 13.0. The fourth-order valence-corrected chi connectivity index (χ4v) is 4.39. The molecule has 0 N–H and O–H groups in total. The second kappa shape index (κ2) is 8.76. The third-order valence-electron chi connectivity index (χ3n) is 5.92. The number of amides is 1. The Kier molecular flexibility index (Phi) is 5.68. The molecule has 0 radical (unpaired) electrons. The Morgan fingerprint density at radius 3 is 2.59 bits per heavy atom. The Morgan fingerprint density at radius 2 is 1.88 bits per heavy atom. The lowest BCUT2D eigenvalue weighted by atomic mass is 10.1. The molecule has 1 aliphatic rings. The van der Waals surface area contributed by atoms with Crippen LogP contribution < -0.4 is 0 Å². The fraction of sp³-hybridized carbons (Fsp3) is 0.292. The molecule has 1 aromatic carbocycles. The van der Waals surface area contributed by atoms with Gasteiger partial charge in [-0.25, -0.2) is 9.67 Å². The van der Waals surface area contributed by atoms with E-state index in [0.29, 0.717) is 18.7 Å². The van der Waals surface area contributed by atoms with E-state index in [1.165, 1.54) is 5.56 Å². The molecule has 7 nitrogen and oxygen atoms in total. The third-order valence-corrected chi connectivity index (χ3v) is 6.18. The van der Waals surface area contributed by atoms with Crippen LogP contribution in [0, 0.1) is 6.92 Å². The summed E-state index contributed by atoms with van der Waals surface area (Å²) in [4.78, 5) is 21.8. The van der Waals surface area contributed by atoms with Crippen molar-refractivity contribution in [3.8, 4) is 11.3 Å². The van der Waals surface area contributed by atoms with Crippen LogP contribution in [0.1, 0.15) is 11.3 Å². The van der Waals surface area contributed by atoms with Gasteiger partial charge < -0.3 is 9.32 Å². The highest BCUT2D eigenvalue weighted by molar-refractivity contribution is 6.30. The van der Waals surface area contributed by atoms with Gasteiger partial charge >= 0.3 is 0 Å². The highest BCUT2D eigenvalue weighted by atomic mass is 35.5. The predicted molar refractivity (Wildman–Crippen MR) is 123 cm³/mol. The molecule has 0 atom stereocenters. The summed E-state index contributed by atoms with van der Waals surface area (Å²) < 4.78 is 7.28. The molecule has 4 aromatic rings. The van der Waals surface area contributed by atoms with Crippen LogP contribution in [0.5, 0.6) is 0 Å². The number of carbonyl (C=O) groups excluding carboxylic acids is 1. The number of aryl methyl sites for hydroxylation is 1. The average Bonchev–Trinajstić information content (AvgIpc) is 3.45. The smallest absolute Gasteiger partial charge is 0.244 e. The molecular weight excluding hydrogens is 426 g/mol. The van der Waals surface area contributed by atoms with Gasteiger partial charge in [-0.05, 0) is 42.8 Å². The zero-order valence-electron chi connectivity index (χ0n) is 17.9. The van der Waals surface area contributed by atoms with Gasteiger partial charge in [-0.3, -0.25) is 9.69 Å². The number of pyridine rings is 1. The third kappa shape index (κ3) is 4.13. The number of rotatable bonds is 5. The summed E-state index contributed by atoms with van der Waals surface area (Å²) in [7, 11) is 0. The van der Waals surface area contributed by atoms with Crippen LogP contribution in [0.4, 0.5) is 0 Å². The van der Waals surface area contributed by atoms with Crippen LogP contribution >= 0.6 is 11.6 Å². The molecule has 4 heterocycles. The molecule has 5 rings (SSSR count). The van der Waals surface area contributed by atoms with Gasteiger partial charge in [-0.15, -0.1) is 0 Å². The highest BCUT2D eigenvalue weighted by Gasteiger charge is 2.23. The number of hydrogen-bond acceptors (Lipinski definition) is 5. The molecule has 0 unspecified atom stereocenters. The maximum Gasteiger partial charge on any atom is 0.244 e. The highest BCUT2D eigenvalue weighted by Crippen LogP contribution is 2.30. The van der Waals surface area contributed by atoms with Crippen LogP contribution in [0.3, 0.4) is 0 Å². The molecule has 32 heavy (non-hydrogen) atoms. The second-order valence-electron chi connectivity index (χ2n) is 8.06. The first-order chi connectivity index (χ1) is 15.6. The lowest BCUT2D eigenvalue weighted by Crippen LogP contribution is -2.49. The van der Waals surface area contributed by atoms with E-state index >= 15 is 0 Å². The van der Waals surface area contributed by atoms with Crippen LogP contribution in [0.25, 0.3) is 22.4 Å². The summed E-state index contributed by atoms with van der Waals surface area (Å²) in [5.74, 6) is 0.828. The van der Waals surface area contributed by atoms with Gasteiger partial charge in [0.2, 0.25) is 5.91 Å². The van der Waals surface area contributed by atoms with E-state index in [2.05, 4.69) is 27.1 Å². The average molecular weight is 450 g/mol. The number of aromatic nitrogens is 3. The van der Waals surface area contributed by atoms with Crippen molar-refractivity contribution in [3.05, 3.63) is 71.2 Å². The number of carbonyl (C=O) groups is 1. The summed E-state index contributed by atoms with van der Waals surface area (Å²) in [6, 6.07) is 13.6. The Morgan fingerprint density at radius 1 is 1.09 bits per heavy atom. The van der Waals surface area contributed by atoms with Crippen molar-refractivity contribution in [3.63, 3.8) is 0 Å². The van der Waals surface area contributed by atoms with Crippen LogP contribution in [-0.4, -0.2) is 56.7 Å². The first kappa shape index (κ1) is 20.7. The summed E-state index contributed by atoms with van der Waals surface area (Å²) in [6.07, 6.45) is 3.38. The standard InChI is InChI=1S/C24H24ClN5O2/c1-17-23-20(21-3-2-14-32-21)8-9-26-24(23)30(27-17)16-22(31)29-12-10-28(11-13-29)15-18-4-6-19(25)7-5-18/h2-9,14H,10-13,15-16H2,1H3. The van der Waals surface area contributed by atoms with E-state index in [4.69, 9.17) is 16.0 Å². The van der Waals surface area contributed by atoms with Crippen molar-refractivity contribution in [2.75, 3.05) is 26.2 Å². The van der Waals surface area contributed by atoms with E-state index in [1.54, 1.807) is 17.1 Å². The number of furan rings is 1. The number of nitrogens with zero attached hydrogens (tertiary/aromatic N) is 5. The quantitative estimate of drug-likeness (QED) is 0.460. The lowest BCUT2D eigenvalue weighted by Gasteiger charge is -2.34. The topological polar surface area (TPSA) is 67.4 Å². The van der Waals surface area contributed by atoms with Crippen molar-refractivity contribution in [2.24, 2.45) is 0 Å². The van der Waals surface area contributed by atoms with Crippen molar-refractivity contribution < 1.29 is 9.21 Å². The SMILES string of the molecule is Cc1nn(CC(=O)N2CCN(Cc3ccc(Cl)cc3)CC2)c2nccc(-c3ccco3)c12. The van der Waals surface area contributed by atoms with E-state index < -0.39 is 0 Å². The zero-order chi connectivity index (χ0) is 22.1. The van der Waals surface area contributed by atoms with Crippen LogP contribution in [0.2, 0.25) is 5.02 Å². The summed E-state index contributed by atoms with van der Waals surface area (Å²) in [5.41, 5.74) is 3.70. The monoisotopic (exact) mass is 449 g/mol. The molecular formula is C24H24ClN5O2. The molecule has 1 aliphatic heterocycles. The molecule has 164 valence electrons. The van der Waals surface area contributed by atoms with Crippen molar-refractivity contribution in [1.82, 2.24) is 24.6 Å². The van der Waals surface area contributed by atoms with Gasteiger partial charge in [0.05, 0.1) is 17.3 Å². The number of fused-ring (bicyclic) bond motifs is 1. The molecule has 3 aromatic heterocycles. The molecule has 0 aliphatic carbocycles. The zero-order valence-corrected chi connectivity index (χ0v) is 18.6. The van der Waals surface area contributed by atoms with E-state index in [0.717, 1.165) is 47.1 Å². The van der Waals surface area contributed by atoms with Gasteiger partial charge in [0.15, 0.2) is 5.65 Å². The second-order valence-corrected chi connectivity index (χ2v) is 8.50. The number of piperazine rings is 1. The van der Waals surface area contributed by atoms with Crippen molar-refractivity contribution in [2.45, 2.75) is 20.0 Å². The fourth-order valence-electron chi connectivity index (χ4n) is 4.26. The van der Waals surface area contributed by atoms with Gasteiger partial charge in [-0.1, -0.05) is 23.7 Å². The van der Waals surface area contributed by atoms with Gasteiger partial charge in [-0.2, -0.15) is 5.10 Å². The molecule has 0 bridgehead atoms. The predicted octanol–water partition coefficient (Wildman–Crippen LogP) is 4.00. The molecule has 1 fully saturated rings. The normalized spacial score (nSPS) is 14.9. The Hall–Kier alpha value is -3.16. The number of halogens is 1. The van der Waals surface area contributed by atoms with Crippen molar-refractivity contribution in [1.29, 1.82) is 0 Å². The minimum atomic E-state index is 0.0609.